The second kappa shape index (κ2) is 7.61. The molecule has 0 aromatic heterocycles. The normalized spacial score (nSPS) is 20.9. The third kappa shape index (κ3) is 5.76. The van der Waals surface area contributed by atoms with Gasteiger partial charge in [0.05, 0.1) is 18.8 Å². The molecule has 1 saturated heterocycles. The number of nitrogens with one attached hydrogen (secondary N) is 1. The van der Waals surface area contributed by atoms with Crippen molar-refractivity contribution in [3.63, 3.8) is 0 Å². The van der Waals surface area contributed by atoms with Crippen LogP contribution in [0.4, 0.5) is 0 Å². The van der Waals surface area contributed by atoms with Crippen LogP contribution in [-0.2, 0) is 19.4 Å². The fraction of sp³-hybridized carbons (Fsp3) is 0.533. The molecule has 6 nitrogen and oxygen atoms in total. The number of halogens is 1. The molecule has 1 aliphatic rings. The topological polar surface area (TPSA) is 75.7 Å². The van der Waals surface area contributed by atoms with Gasteiger partial charge in [-0.3, -0.25) is 4.79 Å². The standard InChI is InChI=1S/C15H21ClN2O4S/c1-18-7-8-22-13(9-18)15(11-3-5-12(16)6-4-11)17-14(19)10-23(2,20)21/h3-6,13,15H,7-10H2,1-2H3,(H,17,19). The van der Waals surface area contributed by atoms with Crippen molar-refractivity contribution in [1.29, 1.82) is 0 Å². The zero-order valence-corrected chi connectivity index (χ0v) is 14.7. The first kappa shape index (κ1) is 18.2. The predicted molar refractivity (Wildman–Crippen MR) is 89.3 cm³/mol. The fourth-order valence-corrected chi connectivity index (χ4v) is 3.21. The highest BCUT2D eigenvalue weighted by molar-refractivity contribution is 7.91. The molecule has 2 rings (SSSR count). The van der Waals surface area contributed by atoms with Gasteiger partial charge >= 0.3 is 0 Å². The molecular weight excluding hydrogens is 340 g/mol. The summed E-state index contributed by atoms with van der Waals surface area (Å²) in [6.07, 6.45) is 0.785. The minimum atomic E-state index is -3.38. The molecule has 8 heteroatoms. The van der Waals surface area contributed by atoms with Gasteiger partial charge in [0, 0.05) is 24.4 Å². The first-order chi connectivity index (χ1) is 10.7. The molecule has 23 heavy (non-hydrogen) atoms. The first-order valence-electron chi connectivity index (χ1n) is 7.27. The zero-order chi connectivity index (χ0) is 17.0. The van der Waals surface area contributed by atoms with E-state index >= 15 is 0 Å². The largest absolute Gasteiger partial charge is 0.373 e. The van der Waals surface area contributed by atoms with Crippen LogP contribution >= 0.6 is 11.6 Å². The van der Waals surface area contributed by atoms with E-state index in [4.69, 9.17) is 16.3 Å². The minimum absolute atomic E-state index is 0.251. The second-order valence-corrected chi connectivity index (χ2v) is 8.41. The number of benzene rings is 1. The lowest BCUT2D eigenvalue weighted by Crippen LogP contribution is -2.48. The molecule has 0 aliphatic carbocycles. The van der Waals surface area contributed by atoms with E-state index in [2.05, 4.69) is 10.2 Å². The number of sulfone groups is 1. The average Bonchev–Trinajstić information content (AvgIpc) is 2.44. The van der Waals surface area contributed by atoms with Crippen LogP contribution in [-0.4, -0.2) is 64.1 Å². The zero-order valence-electron chi connectivity index (χ0n) is 13.2. The summed E-state index contributed by atoms with van der Waals surface area (Å²) in [6, 6.07) is 6.67. The van der Waals surface area contributed by atoms with Gasteiger partial charge in [0.1, 0.15) is 5.75 Å². The number of morpholine rings is 1. The van der Waals surface area contributed by atoms with Crippen molar-refractivity contribution in [3.05, 3.63) is 34.9 Å². The smallest absolute Gasteiger partial charge is 0.235 e. The monoisotopic (exact) mass is 360 g/mol. The molecule has 128 valence electrons. The molecule has 2 unspecified atom stereocenters. The summed E-state index contributed by atoms with van der Waals surface area (Å²) >= 11 is 5.91. The quantitative estimate of drug-likeness (QED) is 0.843. The van der Waals surface area contributed by atoms with E-state index in [9.17, 15) is 13.2 Å². The summed E-state index contributed by atoms with van der Waals surface area (Å²) in [5.41, 5.74) is 0.830. The van der Waals surface area contributed by atoms with Crippen molar-refractivity contribution in [2.24, 2.45) is 0 Å². The van der Waals surface area contributed by atoms with Gasteiger partial charge < -0.3 is 15.0 Å². The van der Waals surface area contributed by atoms with Crippen LogP contribution in [0.15, 0.2) is 24.3 Å². The molecule has 1 amide bonds. The number of carbonyl (C=O) groups is 1. The number of ether oxygens (including phenoxy) is 1. The number of amides is 1. The third-order valence-electron chi connectivity index (χ3n) is 3.61. The summed E-state index contributed by atoms with van der Waals surface area (Å²) in [4.78, 5) is 14.2. The number of hydrogen-bond donors (Lipinski definition) is 1. The lowest BCUT2D eigenvalue weighted by atomic mass is 10.00. The van der Waals surface area contributed by atoms with Crippen LogP contribution in [0, 0.1) is 0 Å². The van der Waals surface area contributed by atoms with Crippen molar-refractivity contribution in [1.82, 2.24) is 10.2 Å². The van der Waals surface area contributed by atoms with Gasteiger partial charge in [-0.05, 0) is 24.7 Å². The molecule has 2 atom stereocenters. The maximum Gasteiger partial charge on any atom is 0.235 e. The Kier molecular flexibility index (Phi) is 6.02. The van der Waals surface area contributed by atoms with Gasteiger partial charge in [0.15, 0.2) is 9.84 Å². The molecule has 0 spiro atoms. The van der Waals surface area contributed by atoms with E-state index in [0.29, 0.717) is 18.2 Å². The van der Waals surface area contributed by atoms with Crippen molar-refractivity contribution >= 4 is 27.3 Å². The number of rotatable bonds is 5. The summed E-state index contributed by atoms with van der Waals surface area (Å²) in [5.74, 6) is -1.08. The van der Waals surface area contributed by atoms with Crippen LogP contribution < -0.4 is 5.32 Å². The van der Waals surface area contributed by atoms with E-state index in [1.807, 2.05) is 19.2 Å². The molecule has 0 saturated carbocycles. The van der Waals surface area contributed by atoms with Crippen LogP contribution in [0.25, 0.3) is 0 Å². The molecule has 1 heterocycles. The molecule has 1 N–H and O–H groups in total. The lowest BCUT2D eigenvalue weighted by Gasteiger charge is -2.35. The van der Waals surface area contributed by atoms with Gasteiger partial charge in [-0.1, -0.05) is 23.7 Å². The Morgan fingerprint density at radius 2 is 2.09 bits per heavy atom. The van der Waals surface area contributed by atoms with Crippen molar-refractivity contribution in [3.8, 4) is 0 Å². The Balaban J connectivity index is 2.20. The highest BCUT2D eigenvalue weighted by Gasteiger charge is 2.30. The van der Waals surface area contributed by atoms with Crippen LogP contribution in [0.2, 0.25) is 5.02 Å². The summed E-state index contributed by atoms with van der Waals surface area (Å²) in [6.45, 7) is 2.03. The maximum atomic E-state index is 12.0. The van der Waals surface area contributed by atoms with Gasteiger partial charge in [-0.2, -0.15) is 0 Å². The number of nitrogens with zero attached hydrogens (tertiary/aromatic N) is 1. The molecule has 0 radical (unpaired) electrons. The Morgan fingerprint density at radius 1 is 1.43 bits per heavy atom. The van der Waals surface area contributed by atoms with Crippen LogP contribution in [0.5, 0.6) is 0 Å². The minimum Gasteiger partial charge on any atom is -0.373 e. The summed E-state index contributed by atoms with van der Waals surface area (Å²) < 4.78 is 28.4. The van der Waals surface area contributed by atoms with Crippen molar-refractivity contribution in [2.75, 3.05) is 38.8 Å². The lowest BCUT2D eigenvalue weighted by molar-refractivity contribution is -0.121. The van der Waals surface area contributed by atoms with Crippen LogP contribution in [0.3, 0.4) is 0 Å². The molecule has 1 aliphatic heterocycles. The third-order valence-corrected chi connectivity index (χ3v) is 4.65. The average molecular weight is 361 g/mol. The highest BCUT2D eigenvalue weighted by atomic mass is 35.5. The van der Waals surface area contributed by atoms with Crippen LogP contribution in [0.1, 0.15) is 11.6 Å². The molecule has 1 fully saturated rings. The predicted octanol–water partition coefficient (Wildman–Crippen LogP) is 0.873. The Bertz CT molecular complexity index is 648. The highest BCUT2D eigenvalue weighted by Crippen LogP contribution is 2.24. The van der Waals surface area contributed by atoms with Gasteiger partial charge in [-0.15, -0.1) is 0 Å². The Labute approximate surface area is 141 Å². The molecular formula is C15H21ClN2O4S. The SMILES string of the molecule is CN1CCOC(C(NC(=O)CS(C)(=O)=O)c2ccc(Cl)cc2)C1. The summed E-state index contributed by atoms with van der Waals surface area (Å²) in [5, 5.41) is 3.38. The van der Waals surface area contributed by atoms with Crippen molar-refractivity contribution in [2.45, 2.75) is 12.1 Å². The van der Waals surface area contributed by atoms with Gasteiger partial charge in [0.2, 0.25) is 5.91 Å². The second-order valence-electron chi connectivity index (χ2n) is 5.84. The number of hydrogen-bond acceptors (Lipinski definition) is 5. The first-order valence-corrected chi connectivity index (χ1v) is 9.71. The Hall–Kier alpha value is -1.15. The van der Waals surface area contributed by atoms with E-state index in [1.54, 1.807) is 12.1 Å². The van der Waals surface area contributed by atoms with Gasteiger partial charge in [0.25, 0.3) is 0 Å². The van der Waals surface area contributed by atoms with E-state index in [0.717, 1.165) is 18.4 Å². The summed E-state index contributed by atoms with van der Waals surface area (Å²) in [7, 11) is -1.40. The van der Waals surface area contributed by atoms with E-state index < -0.39 is 27.5 Å². The number of carbonyl (C=O) groups excluding carboxylic acids is 1. The van der Waals surface area contributed by atoms with E-state index in [-0.39, 0.29) is 6.10 Å². The molecule has 1 aromatic carbocycles. The van der Waals surface area contributed by atoms with E-state index in [1.165, 1.54) is 0 Å². The maximum absolute atomic E-state index is 12.0. The van der Waals surface area contributed by atoms with Gasteiger partial charge in [-0.25, -0.2) is 8.42 Å². The fourth-order valence-electron chi connectivity index (χ4n) is 2.53. The Morgan fingerprint density at radius 3 is 2.65 bits per heavy atom. The number of likely N-dealkylation sites (N-methyl/N-ethyl adjacent to an activating group) is 1. The molecule has 1 aromatic rings. The molecule has 0 bridgehead atoms. The van der Waals surface area contributed by atoms with Crippen molar-refractivity contribution < 1.29 is 17.9 Å².